The summed E-state index contributed by atoms with van der Waals surface area (Å²) in [7, 11) is 0. The van der Waals surface area contributed by atoms with Gasteiger partial charge in [0, 0.05) is 32.7 Å². The van der Waals surface area contributed by atoms with Gasteiger partial charge in [0.1, 0.15) is 0 Å². The quantitative estimate of drug-likeness (QED) is 0.797. The van der Waals surface area contributed by atoms with Gasteiger partial charge in [0.25, 0.3) is 5.91 Å². The molecular formula is C18H25N3O3. The average molecular weight is 331 g/mol. The maximum absolute atomic E-state index is 12.8. The normalized spacial score (nSPS) is 25.6. The Morgan fingerprint density at radius 3 is 2.71 bits per heavy atom. The molecule has 1 aromatic rings. The molecule has 3 rings (SSSR count). The number of nitrogens with zero attached hydrogens (tertiary/aromatic N) is 2. The van der Waals surface area contributed by atoms with Crippen molar-refractivity contribution >= 4 is 11.8 Å². The molecule has 0 spiro atoms. The number of amides is 2. The molecule has 6 nitrogen and oxygen atoms in total. The van der Waals surface area contributed by atoms with E-state index in [0.717, 1.165) is 12.8 Å². The zero-order valence-corrected chi connectivity index (χ0v) is 13.9. The van der Waals surface area contributed by atoms with Crippen molar-refractivity contribution in [3.8, 4) is 0 Å². The van der Waals surface area contributed by atoms with Crippen LogP contribution < -0.4 is 5.32 Å². The molecule has 2 aliphatic heterocycles. The Morgan fingerprint density at radius 2 is 1.96 bits per heavy atom. The van der Waals surface area contributed by atoms with Crippen LogP contribution in [0.4, 0.5) is 0 Å². The second kappa shape index (κ2) is 7.32. The molecule has 0 saturated carbocycles. The SMILES string of the molecule is O=C1CN(CC2(O)CCCN(CCc3ccccc3)C2=O)CCN1. The van der Waals surface area contributed by atoms with Crippen molar-refractivity contribution in [3.63, 3.8) is 0 Å². The van der Waals surface area contributed by atoms with Crippen LogP contribution in [-0.2, 0) is 16.0 Å². The largest absolute Gasteiger partial charge is 0.379 e. The lowest BCUT2D eigenvalue weighted by molar-refractivity contribution is -0.160. The Morgan fingerprint density at radius 1 is 1.17 bits per heavy atom. The van der Waals surface area contributed by atoms with Gasteiger partial charge in [-0.1, -0.05) is 30.3 Å². The van der Waals surface area contributed by atoms with E-state index in [-0.39, 0.29) is 24.9 Å². The van der Waals surface area contributed by atoms with Crippen LogP contribution in [0.25, 0.3) is 0 Å². The van der Waals surface area contributed by atoms with E-state index in [4.69, 9.17) is 0 Å². The molecule has 1 unspecified atom stereocenters. The van der Waals surface area contributed by atoms with Gasteiger partial charge in [0.2, 0.25) is 5.91 Å². The fraction of sp³-hybridized carbons (Fsp3) is 0.556. The van der Waals surface area contributed by atoms with Crippen molar-refractivity contribution in [3.05, 3.63) is 35.9 Å². The maximum atomic E-state index is 12.8. The molecule has 0 bridgehead atoms. The van der Waals surface area contributed by atoms with Crippen LogP contribution in [0.5, 0.6) is 0 Å². The lowest BCUT2D eigenvalue weighted by Gasteiger charge is -2.41. The van der Waals surface area contributed by atoms with Crippen LogP contribution in [0.3, 0.4) is 0 Å². The van der Waals surface area contributed by atoms with E-state index < -0.39 is 5.60 Å². The smallest absolute Gasteiger partial charge is 0.255 e. The van der Waals surface area contributed by atoms with Gasteiger partial charge >= 0.3 is 0 Å². The minimum atomic E-state index is -1.37. The number of hydrogen-bond acceptors (Lipinski definition) is 4. The predicted octanol–water partition coefficient (Wildman–Crippen LogP) is 0.0144. The van der Waals surface area contributed by atoms with Crippen molar-refractivity contribution in [1.82, 2.24) is 15.1 Å². The number of benzene rings is 1. The molecule has 0 aliphatic carbocycles. The molecule has 2 aliphatic rings. The molecular weight excluding hydrogens is 306 g/mol. The van der Waals surface area contributed by atoms with Gasteiger partial charge in [-0.05, 0) is 24.8 Å². The highest BCUT2D eigenvalue weighted by Gasteiger charge is 2.43. The molecule has 24 heavy (non-hydrogen) atoms. The Hall–Kier alpha value is -1.92. The molecule has 2 amide bonds. The van der Waals surface area contributed by atoms with E-state index >= 15 is 0 Å². The minimum Gasteiger partial charge on any atom is -0.379 e. The second-order valence-electron chi connectivity index (χ2n) is 6.72. The fourth-order valence-electron chi connectivity index (χ4n) is 3.53. The maximum Gasteiger partial charge on any atom is 0.255 e. The van der Waals surface area contributed by atoms with E-state index in [0.29, 0.717) is 32.6 Å². The molecule has 2 saturated heterocycles. The summed E-state index contributed by atoms with van der Waals surface area (Å²) in [4.78, 5) is 27.9. The Bertz CT molecular complexity index is 592. The summed E-state index contributed by atoms with van der Waals surface area (Å²) in [5.74, 6) is -0.246. The lowest BCUT2D eigenvalue weighted by atomic mass is 9.90. The van der Waals surface area contributed by atoms with Crippen molar-refractivity contribution < 1.29 is 14.7 Å². The van der Waals surface area contributed by atoms with Crippen LogP contribution in [0.2, 0.25) is 0 Å². The number of carbonyl (C=O) groups excluding carboxylic acids is 2. The monoisotopic (exact) mass is 331 g/mol. The van der Waals surface area contributed by atoms with Crippen LogP contribution in [0, 0.1) is 0 Å². The molecule has 1 aromatic carbocycles. The van der Waals surface area contributed by atoms with Gasteiger partial charge in [-0.25, -0.2) is 0 Å². The van der Waals surface area contributed by atoms with Crippen molar-refractivity contribution in [1.29, 1.82) is 0 Å². The fourth-order valence-corrected chi connectivity index (χ4v) is 3.53. The summed E-state index contributed by atoms with van der Waals surface area (Å²) in [5.41, 5.74) is -0.181. The summed E-state index contributed by atoms with van der Waals surface area (Å²) in [6.45, 7) is 3.03. The predicted molar refractivity (Wildman–Crippen MR) is 90.4 cm³/mol. The molecule has 0 aromatic heterocycles. The topological polar surface area (TPSA) is 72.9 Å². The first-order chi connectivity index (χ1) is 11.6. The van der Waals surface area contributed by atoms with Crippen molar-refractivity contribution in [2.24, 2.45) is 0 Å². The van der Waals surface area contributed by atoms with E-state index in [1.54, 1.807) is 4.90 Å². The number of aliphatic hydroxyl groups is 1. The van der Waals surface area contributed by atoms with E-state index in [1.165, 1.54) is 5.56 Å². The Balaban J connectivity index is 1.59. The van der Waals surface area contributed by atoms with E-state index in [2.05, 4.69) is 5.32 Å². The highest BCUT2D eigenvalue weighted by molar-refractivity contribution is 5.86. The first-order valence-electron chi connectivity index (χ1n) is 8.62. The van der Waals surface area contributed by atoms with Crippen LogP contribution >= 0.6 is 0 Å². The molecule has 1 atom stereocenters. The van der Waals surface area contributed by atoms with Gasteiger partial charge in [-0.2, -0.15) is 0 Å². The third-order valence-corrected chi connectivity index (χ3v) is 4.82. The number of carbonyl (C=O) groups is 2. The number of piperazine rings is 1. The first kappa shape index (κ1) is 16.9. The van der Waals surface area contributed by atoms with Gasteiger partial charge in [0.05, 0.1) is 6.54 Å². The number of rotatable bonds is 5. The molecule has 130 valence electrons. The number of nitrogens with one attached hydrogen (secondary N) is 1. The van der Waals surface area contributed by atoms with Crippen molar-refractivity contribution in [2.45, 2.75) is 24.9 Å². The summed E-state index contributed by atoms with van der Waals surface area (Å²) in [5, 5.41) is 13.6. The Kier molecular flexibility index (Phi) is 5.16. The van der Waals surface area contributed by atoms with Crippen LogP contribution in [0.1, 0.15) is 18.4 Å². The first-order valence-corrected chi connectivity index (χ1v) is 8.62. The van der Waals surface area contributed by atoms with Gasteiger partial charge in [-0.15, -0.1) is 0 Å². The van der Waals surface area contributed by atoms with Gasteiger partial charge in [-0.3, -0.25) is 14.5 Å². The summed E-state index contributed by atoms with van der Waals surface area (Å²) in [6, 6.07) is 10.1. The summed E-state index contributed by atoms with van der Waals surface area (Å²) in [6.07, 6.45) is 2.04. The lowest BCUT2D eigenvalue weighted by Crippen LogP contribution is -2.61. The van der Waals surface area contributed by atoms with E-state index in [1.807, 2.05) is 35.2 Å². The summed E-state index contributed by atoms with van der Waals surface area (Å²) < 4.78 is 0. The summed E-state index contributed by atoms with van der Waals surface area (Å²) >= 11 is 0. The minimum absolute atomic E-state index is 0.0472. The Labute approximate surface area is 142 Å². The van der Waals surface area contributed by atoms with Gasteiger partial charge < -0.3 is 15.3 Å². The third-order valence-electron chi connectivity index (χ3n) is 4.82. The zero-order chi connectivity index (χ0) is 17.0. The highest BCUT2D eigenvalue weighted by atomic mass is 16.3. The number of likely N-dealkylation sites (tertiary alicyclic amines) is 1. The molecule has 2 N–H and O–H groups in total. The van der Waals surface area contributed by atoms with Crippen LogP contribution in [-0.4, -0.2) is 71.6 Å². The molecule has 6 heteroatoms. The number of hydrogen-bond donors (Lipinski definition) is 2. The van der Waals surface area contributed by atoms with E-state index in [9.17, 15) is 14.7 Å². The van der Waals surface area contributed by atoms with Crippen molar-refractivity contribution in [2.75, 3.05) is 39.3 Å². The standard InChI is InChI=1S/C18H25N3O3/c22-16-13-20(12-9-19-16)14-18(24)8-4-10-21(17(18)23)11-7-15-5-2-1-3-6-15/h1-3,5-6,24H,4,7-14H2,(H,19,22). The molecule has 0 radical (unpaired) electrons. The second-order valence-corrected chi connectivity index (χ2v) is 6.72. The zero-order valence-electron chi connectivity index (χ0n) is 13.9. The number of piperidine rings is 1. The van der Waals surface area contributed by atoms with Crippen LogP contribution in [0.15, 0.2) is 30.3 Å². The highest BCUT2D eigenvalue weighted by Crippen LogP contribution is 2.24. The molecule has 2 heterocycles. The van der Waals surface area contributed by atoms with Gasteiger partial charge in [0.15, 0.2) is 5.60 Å². The molecule has 2 fully saturated rings. The average Bonchev–Trinajstić information content (AvgIpc) is 2.57. The number of β-amino-alcohol motifs (C(OH)–C–C–N with tert-alkyl or cyclic N) is 1. The third kappa shape index (κ3) is 3.94.